The number of hydrogen-bond acceptors (Lipinski definition) is 5. The minimum absolute atomic E-state index is 0.0138. The van der Waals surface area contributed by atoms with E-state index in [0.29, 0.717) is 13.2 Å². The monoisotopic (exact) mass is 346 g/mol. The van der Waals surface area contributed by atoms with Crippen molar-refractivity contribution >= 4 is 11.6 Å². The third-order valence-corrected chi connectivity index (χ3v) is 3.83. The van der Waals surface area contributed by atoms with Gasteiger partial charge in [-0.25, -0.2) is 4.98 Å². The molecular formula is C18H26N4O3. The molecule has 1 aromatic carbocycles. The van der Waals surface area contributed by atoms with Gasteiger partial charge in [0.2, 0.25) is 5.91 Å². The average molecular weight is 346 g/mol. The third-order valence-electron chi connectivity index (χ3n) is 3.83. The van der Waals surface area contributed by atoms with E-state index in [-0.39, 0.29) is 18.6 Å². The highest BCUT2D eigenvalue weighted by Crippen LogP contribution is 2.23. The summed E-state index contributed by atoms with van der Waals surface area (Å²) in [6.07, 6.45) is 3.58. The Hall–Kier alpha value is -2.38. The first-order chi connectivity index (χ1) is 12.0. The van der Waals surface area contributed by atoms with E-state index in [1.165, 1.54) is 0 Å². The molecule has 0 radical (unpaired) electrons. The van der Waals surface area contributed by atoms with E-state index < -0.39 is 0 Å². The quantitative estimate of drug-likeness (QED) is 0.694. The van der Waals surface area contributed by atoms with Crippen LogP contribution in [0.15, 0.2) is 36.7 Å². The number of amides is 1. The molecule has 1 atom stereocenters. The predicted molar refractivity (Wildman–Crippen MR) is 96.7 cm³/mol. The van der Waals surface area contributed by atoms with Gasteiger partial charge in [-0.05, 0) is 17.7 Å². The van der Waals surface area contributed by atoms with E-state index in [9.17, 15) is 4.79 Å². The van der Waals surface area contributed by atoms with E-state index in [1.54, 1.807) is 13.3 Å². The van der Waals surface area contributed by atoms with Gasteiger partial charge >= 0.3 is 0 Å². The van der Waals surface area contributed by atoms with Gasteiger partial charge in [0, 0.05) is 46.3 Å². The van der Waals surface area contributed by atoms with Crippen LogP contribution in [0.1, 0.15) is 17.4 Å². The van der Waals surface area contributed by atoms with Crippen molar-refractivity contribution in [2.45, 2.75) is 6.04 Å². The van der Waals surface area contributed by atoms with Crippen molar-refractivity contribution in [2.75, 3.05) is 45.9 Å². The van der Waals surface area contributed by atoms with E-state index >= 15 is 0 Å². The number of benzene rings is 1. The lowest BCUT2D eigenvalue weighted by Crippen LogP contribution is -2.34. The second-order valence-electron chi connectivity index (χ2n) is 5.93. The number of carbonyl (C=O) groups is 1. The Kier molecular flexibility index (Phi) is 6.97. The number of aryl methyl sites for hydroxylation is 1. The fraction of sp³-hybridized carbons (Fsp3) is 0.444. The normalized spacial score (nSPS) is 12.0. The summed E-state index contributed by atoms with van der Waals surface area (Å²) in [5.74, 6) is 0.573. The summed E-state index contributed by atoms with van der Waals surface area (Å²) < 4.78 is 12.1. The van der Waals surface area contributed by atoms with E-state index in [2.05, 4.69) is 10.3 Å². The minimum atomic E-state index is -0.338. The van der Waals surface area contributed by atoms with Gasteiger partial charge in [0.05, 0.1) is 13.2 Å². The number of nitrogens with one attached hydrogen (secondary N) is 1. The van der Waals surface area contributed by atoms with Crippen LogP contribution in [0.25, 0.3) is 0 Å². The molecule has 0 bridgehead atoms. The summed E-state index contributed by atoms with van der Waals surface area (Å²) in [7, 11) is 7.48. The number of hydrogen-bond donors (Lipinski definition) is 1. The van der Waals surface area contributed by atoms with Crippen molar-refractivity contribution in [1.82, 2.24) is 14.9 Å². The van der Waals surface area contributed by atoms with Gasteiger partial charge in [0.25, 0.3) is 0 Å². The molecule has 0 aliphatic heterocycles. The lowest BCUT2D eigenvalue weighted by molar-refractivity contribution is -0.126. The number of anilines is 1. The third kappa shape index (κ3) is 5.30. The molecule has 0 aliphatic carbocycles. The van der Waals surface area contributed by atoms with Crippen molar-refractivity contribution in [3.63, 3.8) is 0 Å². The number of nitrogens with zero attached hydrogens (tertiary/aromatic N) is 3. The Morgan fingerprint density at radius 3 is 2.56 bits per heavy atom. The standard InChI is InChI=1S/C18H26N4O3/c1-21(2)15-7-5-14(6-8-15)17(18-19-9-10-22(18)3)20-16(23)13-25-12-11-24-4/h5-10,17H,11-13H2,1-4H3,(H,20,23). The zero-order valence-electron chi connectivity index (χ0n) is 15.2. The molecule has 25 heavy (non-hydrogen) atoms. The van der Waals surface area contributed by atoms with Crippen LogP contribution < -0.4 is 10.2 Å². The molecule has 0 aliphatic rings. The highest BCUT2D eigenvalue weighted by molar-refractivity contribution is 5.78. The van der Waals surface area contributed by atoms with E-state index in [1.807, 2.05) is 61.1 Å². The second-order valence-corrected chi connectivity index (χ2v) is 5.93. The molecule has 1 N–H and O–H groups in total. The summed E-state index contributed by atoms with van der Waals surface area (Å²) in [5, 5.41) is 3.00. The van der Waals surface area contributed by atoms with Crippen molar-refractivity contribution < 1.29 is 14.3 Å². The Bertz CT molecular complexity index is 667. The van der Waals surface area contributed by atoms with Crippen LogP contribution in [-0.2, 0) is 21.3 Å². The van der Waals surface area contributed by atoms with Gasteiger partial charge in [0.15, 0.2) is 0 Å². The number of methoxy groups -OCH3 is 1. The Morgan fingerprint density at radius 1 is 1.28 bits per heavy atom. The van der Waals surface area contributed by atoms with E-state index in [0.717, 1.165) is 17.1 Å². The molecule has 1 heterocycles. The maximum Gasteiger partial charge on any atom is 0.246 e. The zero-order valence-corrected chi connectivity index (χ0v) is 15.2. The van der Waals surface area contributed by atoms with Crippen molar-refractivity contribution in [2.24, 2.45) is 7.05 Å². The Labute approximate surface area is 148 Å². The molecule has 2 aromatic rings. The van der Waals surface area contributed by atoms with Crippen LogP contribution in [0.2, 0.25) is 0 Å². The minimum Gasteiger partial charge on any atom is -0.382 e. The largest absolute Gasteiger partial charge is 0.382 e. The maximum absolute atomic E-state index is 12.2. The topological polar surface area (TPSA) is 68.6 Å². The summed E-state index contributed by atoms with van der Waals surface area (Å²) in [5.41, 5.74) is 2.06. The zero-order chi connectivity index (χ0) is 18.2. The molecule has 0 fully saturated rings. The van der Waals surface area contributed by atoms with Crippen LogP contribution in [0.4, 0.5) is 5.69 Å². The van der Waals surface area contributed by atoms with Gasteiger partial charge in [-0.3, -0.25) is 4.79 Å². The highest BCUT2D eigenvalue weighted by Gasteiger charge is 2.20. The molecule has 1 unspecified atom stereocenters. The van der Waals surface area contributed by atoms with Crippen molar-refractivity contribution in [1.29, 1.82) is 0 Å². The first-order valence-electron chi connectivity index (χ1n) is 8.13. The van der Waals surface area contributed by atoms with Crippen LogP contribution in [0, 0.1) is 0 Å². The molecule has 1 amide bonds. The first-order valence-corrected chi connectivity index (χ1v) is 8.13. The van der Waals surface area contributed by atoms with E-state index in [4.69, 9.17) is 9.47 Å². The van der Waals surface area contributed by atoms with Crippen LogP contribution >= 0.6 is 0 Å². The first kappa shape index (κ1) is 19.0. The summed E-state index contributed by atoms with van der Waals surface area (Å²) in [6.45, 7) is 0.830. The molecular weight excluding hydrogens is 320 g/mol. The molecule has 7 heteroatoms. The summed E-state index contributed by atoms with van der Waals surface area (Å²) >= 11 is 0. The molecule has 2 rings (SSSR count). The van der Waals surface area contributed by atoms with Crippen LogP contribution in [0.3, 0.4) is 0 Å². The number of carbonyl (C=O) groups excluding carboxylic acids is 1. The van der Waals surface area contributed by atoms with Gasteiger partial charge in [-0.1, -0.05) is 12.1 Å². The molecule has 0 spiro atoms. The summed E-state index contributed by atoms with van der Waals surface area (Å²) in [4.78, 5) is 18.7. The molecule has 0 saturated carbocycles. The molecule has 7 nitrogen and oxygen atoms in total. The lowest BCUT2D eigenvalue weighted by atomic mass is 10.1. The SMILES string of the molecule is COCCOCC(=O)NC(c1ccc(N(C)C)cc1)c1nccn1C. The van der Waals surface area contributed by atoms with Gasteiger partial charge in [-0.2, -0.15) is 0 Å². The molecule has 1 aromatic heterocycles. The van der Waals surface area contributed by atoms with Crippen molar-refractivity contribution in [3.8, 4) is 0 Å². The number of rotatable bonds is 9. The Balaban J connectivity index is 2.14. The van der Waals surface area contributed by atoms with Crippen LogP contribution in [0.5, 0.6) is 0 Å². The fourth-order valence-electron chi connectivity index (χ4n) is 2.43. The predicted octanol–water partition coefficient (Wildman–Crippen LogP) is 1.35. The average Bonchev–Trinajstić information content (AvgIpc) is 3.02. The highest BCUT2D eigenvalue weighted by atomic mass is 16.5. The summed E-state index contributed by atoms with van der Waals surface area (Å²) in [6, 6.07) is 7.70. The smallest absolute Gasteiger partial charge is 0.246 e. The maximum atomic E-state index is 12.2. The molecule has 136 valence electrons. The number of aromatic nitrogens is 2. The number of imidazole rings is 1. The number of ether oxygens (including phenoxy) is 2. The van der Waals surface area contributed by atoms with Crippen LogP contribution in [-0.4, -0.2) is 56.5 Å². The lowest BCUT2D eigenvalue weighted by Gasteiger charge is -2.20. The van der Waals surface area contributed by atoms with Crippen molar-refractivity contribution in [3.05, 3.63) is 48.0 Å². The van der Waals surface area contributed by atoms with Gasteiger partial charge in [0.1, 0.15) is 18.5 Å². The van der Waals surface area contributed by atoms with Gasteiger partial charge < -0.3 is 24.3 Å². The van der Waals surface area contributed by atoms with Gasteiger partial charge in [-0.15, -0.1) is 0 Å². The molecule has 0 saturated heterocycles. The Morgan fingerprint density at radius 2 is 2.00 bits per heavy atom. The second kappa shape index (κ2) is 9.19. The fourth-order valence-corrected chi connectivity index (χ4v) is 2.43.